The van der Waals surface area contributed by atoms with Gasteiger partial charge in [-0.3, -0.25) is 0 Å². The lowest BCUT2D eigenvalue weighted by Gasteiger charge is -2.09. The van der Waals surface area contributed by atoms with Gasteiger partial charge in [0.25, 0.3) is 0 Å². The van der Waals surface area contributed by atoms with Crippen LogP contribution in [0.1, 0.15) is 31.9 Å². The van der Waals surface area contributed by atoms with E-state index in [1.807, 2.05) is 29.8 Å². The van der Waals surface area contributed by atoms with Crippen molar-refractivity contribution >= 4 is 5.69 Å². The van der Waals surface area contributed by atoms with Crippen molar-refractivity contribution in [3.05, 3.63) is 23.8 Å². The first-order valence-electron chi connectivity index (χ1n) is 6.13. The molecule has 1 atom stereocenters. The molecule has 1 fully saturated rings. The van der Waals surface area contributed by atoms with E-state index in [4.69, 9.17) is 5.73 Å². The molecular weight excluding hydrogens is 226 g/mol. The van der Waals surface area contributed by atoms with E-state index < -0.39 is 0 Å². The first-order chi connectivity index (χ1) is 8.49. The second kappa shape index (κ2) is 3.54. The lowest BCUT2D eigenvalue weighted by Crippen LogP contribution is -2.06. The molecule has 5 heteroatoms. The summed E-state index contributed by atoms with van der Waals surface area (Å²) in [6.07, 6.45) is 1.11. The van der Waals surface area contributed by atoms with Crippen LogP contribution in [0.2, 0.25) is 0 Å². The molecule has 18 heavy (non-hydrogen) atoms. The molecule has 0 amide bonds. The Morgan fingerprint density at radius 3 is 2.78 bits per heavy atom. The zero-order valence-corrected chi connectivity index (χ0v) is 10.9. The molecule has 1 aromatic heterocycles. The van der Waals surface area contributed by atoms with E-state index in [2.05, 4.69) is 29.4 Å². The molecule has 2 aromatic rings. The van der Waals surface area contributed by atoms with Gasteiger partial charge in [-0.25, -0.2) is 4.68 Å². The number of nitrogen functional groups attached to an aromatic ring is 1. The second-order valence-electron chi connectivity index (χ2n) is 5.75. The summed E-state index contributed by atoms with van der Waals surface area (Å²) in [7, 11) is 0. The van der Waals surface area contributed by atoms with Gasteiger partial charge in [-0.05, 0) is 41.3 Å². The fraction of sp³-hybridized carbons (Fsp3) is 0.462. The molecule has 94 valence electrons. The number of benzene rings is 1. The summed E-state index contributed by atoms with van der Waals surface area (Å²) in [4.78, 5) is 0. The molecule has 0 bridgehead atoms. The molecular formula is C13H17N5. The number of anilines is 1. The molecule has 1 aliphatic rings. The average molecular weight is 243 g/mol. The summed E-state index contributed by atoms with van der Waals surface area (Å²) in [5, 5.41) is 12.1. The standard InChI is InChI=1S/C13H17N5/c1-8-4-5-10(14)9(6-8)12-15-16-17-18(12)11-7-13(11,2)3/h4-6,11H,7,14H2,1-3H3. The van der Waals surface area contributed by atoms with Crippen LogP contribution in [-0.4, -0.2) is 20.2 Å². The molecule has 1 unspecified atom stereocenters. The van der Waals surface area contributed by atoms with Crippen LogP contribution in [-0.2, 0) is 0 Å². The highest BCUT2D eigenvalue weighted by molar-refractivity contribution is 5.72. The summed E-state index contributed by atoms with van der Waals surface area (Å²) in [5.74, 6) is 0.770. The van der Waals surface area contributed by atoms with Crippen LogP contribution in [0.25, 0.3) is 11.4 Å². The zero-order chi connectivity index (χ0) is 12.9. The SMILES string of the molecule is Cc1ccc(N)c(-c2nnnn2C2CC2(C)C)c1. The molecule has 0 spiro atoms. The fourth-order valence-electron chi connectivity index (χ4n) is 2.30. The maximum Gasteiger partial charge on any atom is 0.184 e. The molecule has 3 rings (SSSR count). The minimum absolute atomic E-state index is 0.280. The van der Waals surface area contributed by atoms with Gasteiger partial charge in [0.15, 0.2) is 5.82 Å². The number of aryl methyl sites for hydroxylation is 1. The van der Waals surface area contributed by atoms with E-state index in [9.17, 15) is 0 Å². The minimum Gasteiger partial charge on any atom is -0.398 e. The Labute approximate surface area is 106 Å². The predicted octanol–water partition coefficient (Wildman–Crippen LogP) is 2.20. The molecule has 1 heterocycles. The Morgan fingerprint density at radius 1 is 1.39 bits per heavy atom. The van der Waals surface area contributed by atoms with Crippen molar-refractivity contribution in [3.63, 3.8) is 0 Å². The van der Waals surface area contributed by atoms with Gasteiger partial charge in [0, 0.05) is 11.3 Å². The van der Waals surface area contributed by atoms with Gasteiger partial charge in [0.05, 0.1) is 6.04 Å². The number of hydrogen-bond acceptors (Lipinski definition) is 4. The lowest BCUT2D eigenvalue weighted by atomic mass is 10.1. The van der Waals surface area contributed by atoms with Crippen molar-refractivity contribution in [1.82, 2.24) is 20.2 Å². The van der Waals surface area contributed by atoms with Crippen LogP contribution in [0.4, 0.5) is 5.69 Å². The monoisotopic (exact) mass is 243 g/mol. The highest BCUT2D eigenvalue weighted by Crippen LogP contribution is 2.55. The Balaban J connectivity index is 2.08. The van der Waals surface area contributed by atoms with E-state index in [1.165, 1.54) is 0 Å². The molecule has 5 nitrogen and oxygen atoms in total. The topological polar surface area (TPSA) is 69.6 Å². The first kappa shape index (κ1) is 11.2. The zero-order valence-electron chi connectivity index (χ0n) is 10.9. The number of hydrogen-bond donors (Lipinski definition) is 1. The molecule has 2 N–H and O–H groups in total. The van der Waals surface area contributed by atoms with Crippen LogP contribution in [0.15, 0.2) is 18.2 Å². The van der Waals surface area contributed by atoms with Crippen molar-refractivity contribution < 1.29 is 0 Å². The predicted molar refractivity (Wildman–Crippen MR) is 69.8 cm³/mol. The van der Waals surface area contributed by atoms with Crippen molar-refractivity contribution in [3.8, 4) is 11.4 Å². The average Bonchev–Trinajstić information content (AvgIpc) is 2.77. The highest BCUT2D eigenvalue weighted by Gasteiger charge is 2.49. The quantitative estimate of drug-likeness (QED) is 0.821. The molecule has 0 saturated heterocycles. The van der Waals surface area contributed by atoms with Gasteiger partial charge in [-0.15, -0.1) is 5.10 Å². The van der Waals surface area contributed by atoms with Crippen LogP contribution in [0, 0.1) is 12.3 Å². The summed E-state index contributed by atoms with van der Waals surface area (Å²) in [6.45, 7) is 6.49. The number of nitrogens with zero attached hydrogens (tertiary/aromatic N) is 4. The largest absolute Gasteiger partial charge is 0.398 e. The normalized spacial score (nSPS) is 20.9. The maximum absolute atomic E-state index is 6.03. The number of rotatable bonds is 2. The van der Waals surface area contributed by atoms with E-state index in [-0.39, 0.29) is 5.41 Å². The van der Waals surface area contributed by atoms with Crippen LogP contribution < -0.4 is 5.73 Å². The number of aromatic nitrogens is 4. The van der Waals surface area contributed by atoms with Gasteiger partial charge in [0.1, 0.15) is 0 Å². The lowest BCUT2D eigenvalue weighted by molar-refractivity contribution is 0.497. The Bertz CT molecular complexity index is 599. The highest BCUT2D eigenvalue weighted by atomic mass is 15.6. The van der Waals surface area contributed by atoms with E-state index in [0.717, 1.165) is 29.1 Å². The first-order valence-corrected chi connectivity index (χ1v) is 6.13. The van der Waals surface area contributed by atoms with Gasteiger partial charge >= 0.3 is 0 Å². The summed E-state index contributed by atoms with van der Waals surface area (Å²) in [6, 6.07) is 6.31. The van der Waals surface area contributed by atoms with E-state index in [0.29, 0.717) is 6.04 Å². The molecule has 0 aliphatic heterocycles. The Kier molecular flexibility index (Phi) is 2.20. The van der Waals surface area contributed by atoms with Gasteiger partial charge in [-0.2, -0.15) is 0 Å². The van der Waals surface area contributed by atoms with Gasteiger partial charge in [-0.1, -0.05) is 25.5 Å². The fourth-order valence-corrected chi connectivity index (χ4v) is 2.30. The Hall–Kier alpha value is -1.91. The smallest absolute Gasteiger partial charge is 0.184 e. The van der Waals surface area contributed by atoms with Crippen molar-refractivity contribution in [1.29, 1.82) is 0 Å². The molecule has 0 radical (unpaired) electrons. The molecule has 1 saturated carbocycles. The maximum atomic E-state index is 6.03. The van der Waals surface area contributed by atoms with Crippen LogP contribution in [0.5, 0.6) is 0 Å². The summed E-state index contributed by atoms with van der Waals surface area (Å²) < 4.78 is 1.91. The molecule has 1 aliphatic carbocycles. The van der Waals surface area contributed by atoms with E-state index >= 15 is 0 Å². The van der Waals surface area contributed by atoms with Crippen molar-refractivity contribution in [2.75, 3.05) is 5.73 Å². The second-order valence-corrected chi connectivity index (χ2v) is 5.75. The van der Waals surface area contributed by atoms with Crippen molar-refractivity contribution in [2.45, 2.75) is 33.2 Å². The van der Waals surface area contributed by atoms with Crippen LogP contribution in [0.3, 0.4) is 0 Å². The van der Waals surface area contributed by atoms with Gasteiger partial charge in [0.2, 0.25) is 0 Å². The number of nitrogens with two attached hydrogens (primary N) is 1. The Morgan fingerprint density at radius 2 is 2.11 bits per heavy atom. The summed E-state index contributed by atoms with van der Waals surface area (Å²) in [5.41, 5.74) is 9.10. The van der Waals surface area contributed by atoms with Crippen molar-refractivity contribution in [2.24, 2.45) is 5.41 Å². The third-order valence-electron chi connectivity index (χ3n) is 3.70. The van der Waals surface area contributed by atoms with Gasteiger partial charge < -0.3 is 5.73 Å². The van der Waals surface area contributed by atoms with Crippen LogP contribution >= 0.6 is 0 Å². The number of tetrazole rings is 1. The third kappa shape index (κ3) is 1.66. The van der Waals surface area contributed by atoms with E-state index in [1.54, 1.807) is 0 Å². The third-order valence-corrected chi connectivity index (χ3v) is 3.70. The summed E-state index contributed by atoms with van der Waals surface area (Å²) >= 11 is 0. The molecule has 1 aromatic carbocycles. The minimum atomic E-state index is 0.280.